The molecule has 2 rings (SSSR count). The minimum atomic E-state index is -0.519. The summed E-state index contributed by atoms with van der Waals surface area (Å²) in [7, 11) is 0. The molecule has 156 valence electrons. The summed E-state index contributed by atoms with van der Waals surface area (Å²) in [5.74, 6) is 0.797. The first-order valence-corrected chi connectivity index (χ1v) is 11.4. The lowest BCUT2D eigenvalue weighted by Crippen LogP contribution is -2.50. The fraction of sp³-hybridized carbons (Fsp3) is 0.391. The van der Waals surface area contributed by atoms with Crippen LogP contribution in [-0.4, -0.2) is 41.1 Å². The Morgan fingerprint density at radius 1 is 1.03 bits per heavy atom. The standard InChI is InChI=1S/C23H29ClN2O2S/c1-17(2)25-23(28)18(3)26(14-13-19-9-5-4-6-10-19)22(27)16-29-15-20-11-7-8-12-21(20)24/h4-12,17-18H,13-16H2,1-3H3,(H,25,28)/t18-/m0/s1. The Kier molecular flexibility index (Phi) is 9.55. The maximum Gasteiger partial charge on any atom is 0.242 e. The highest BCUT2D eigenvalue weighted by molar-refractivity contribution is 7.99. The van der Waals surface area contributed by atoms with Crippen LogP contribution in [0.1, 0.15) is 31.9 Å². The Morgan fingerprint density at radius 3 is 2.34 bits per heavy atom. The summed E-state index contributed by atoms with van der Waals surface area (Å²) in [5, 5.41) is 3.61. The Hall–Kier alpha value is -1.98. The van der Waals surface area contributed by atoms with Crippen LogP contribution in [0.25, 0.3) is 0 Å². The Bertz CT molecular complexity index is 798. The summed E-state index contributed by atoms with van der Waals surface area (Å²) in [4.78, 5) is 27.2. The highest BCUT2D eigenvalue weighted by Gasteiger charge is 2.26. The minimum absolute atomic E-state index is 0.0330. The molecule has 6 heteroatoms. The van der Waals surface area contributed by atoms with Crippen molar-refractivity contribution < 1.29 is 9.59 Å². The average Bonchev–Trinajstić information content (AvgIpc) is 2.69. The van der Waals surface area contributed by atoms with Gasteiger partial charge >= 0.3 is 0 Å². The van der Waals surface area contributed by atoms with Crippen LogP contribution in [0.4, 0.5) is 0 Å². The summed E-state index contributed by atoms with van der Waals surface area (Å²) < 4.78 is 0. The van der Waals surface area contributed by atoms with E-state index in [1.807, 2.05) is 68.4 Å². The van der Waals surface area contributed by atoms with Gasteiger partial charge in [-0.25, -0.2) is 0 Å². The normalized spacial score (nSPS) is 11.9. The molecule has 0 radical (unpaired) electrons. The van der Waals surface area contributed by atoms with E-state index in [1.54, 1.807) is 11.8 Å². The van der Waals surface area contributed by atoms with Crippen LogP contribution in [0.2, 0.25) is 5.02 Å². The summed E-state index contributed by atoms with van der Waals surface area (Å²) in [6.45, 7) is 6.13. The molecule has 0 spiro atoms. The molecule has 0 unspecified atom stereocenters. The van der Waals surface area contributed by atoms with Gasteiger partial charge in [0.1, 0.15) is 6.04 Å². The predicted octanol–water partition coefficient (Wildman–Crippen LogP) is 4.56. The van der Waals surface area contributed by atoms with E-state index in [0.29, 0.717) is 29.5 Å². The molecule has 2 aromatic rings. The molecule has 0 saturated heterocycles. The largest absolute Gasteiger partial charge is 0.352 e. The summed E-state index contributed by atoms with van der Waals surface area (Å²) in [6, 6.07) is 17.2. The van der Waals surface area contributed by atoms with Gasteiger partial charge in [-0.3, -0.25) is 9.59 Å². The van der Waals surface area contributed by atoms with Crippen LogP contribution in [0.5, 0.6) is 0 Å². The van der Waals surface area contributed by atoms with Crippen molar-refractivity contribution in [3.8, 4) is 0 Å². The van der Waals surface area contributed by atoms with Crippen LogP contribution in [0, 0.1) is 0 Å². The second-order valence-corrected chi connectivity index (χ2v) is 8.64. The molecule has 2 amide bonds. The fourth-order valence-electron chi connectivity index (χ4n) is 2.92. The number of rotatable bonds is 10. The molecule has 0 aliphatic carbocycles. The quantitative estimate of drug-likeness (QED) is 0.598. The molecule has 0 aliphatic rings. The minimum Gasteiger partial charge on any atom is -0.352 e. The SMILES string of the molecule is CC(C)NC(=O)[C@H](C)N(CCc1ccccc1)C(=O)CSCc1ccccc1Cl. The Labute approximate surface area is 183 Å². The van der Waals surface area contributed by atoms with E-state index in [0.717, 1.165) is 11.1 Å². The van der Waals surface area contributed by atoms with Crippen molar-refractivity contribution in [1.29, 1.82) is 0 Å². The predicted molar refractivity (Wildman–Crippen MR) is 122 cm³/mol. The van der Waals surface area contributed by atoms with E-state index >= 15 is 0 Å². The van der Waals surface area contributed by atoms with Crippen molar-refractivity contribution in [2.45, 2.75) is 45.0 Å². The lowest BCUT2D eigenvalue weighted by molar-refractivity contribution is -0.138. The third-order valence-corrected chi connectivity index (χ3v) is 5.86. The van der Waals surface area contributed by atoms with Crippen molar-refractivity contribution in [2.24, 2.45) is 0 Å². The maximum atomic E-state index is 13.0. The van der Waals surface area contributed by atoms with E-state index in [4.69, 9.17) is 11.6 Å². The van der Waals surface area contributed by atoms with Gasteiger partial charge in [0, 0.05) is 23.4 Å². The molecular weight excluding hydrogens is 404 g/mol. The van der Waals surface area contributed by atoms with Crippen LogP contribution in [-0.2, 0) is 21.8 Å². The average molecular weight is 433 g/mol. The molecule has 4 nitrogen and oxygen atoms in total. The molecule has 2 aromatic carbocycles. The zero-order chi connectivity index (χ0) is 21.2. The lowest BCUT2D eigenvalue weighted by atomic mass is 10.1. The van der Waals surface area contributed by atoms with Crippen LogP contribution >= 0.6 is 23.4 Å². The first kappa shape index (κ1) is 23.3. The van der Waals surface area contributed by atoms with Gasteiger partial charge in [-0.2, -0.15) is 0 Å². The molecule has 0 saturated carbocycles. The van der Waals surface area contributed by atoms with Gasteiger partial charge in [0.2, 0.25) is 11.8 Å². The first-order valence-electron chi connectivity index (χ1n) is 9.83. The molecule has 29 heavy (non-hydrogen) atoms. The maximum absolute atomic E-state index is 13.0. The van der Waals surface area contributed by atoms with Gasteiger partial charge in [0.15, 0.2) is 0 Å². The van der Waals surface area contributed by atoms with Gasteiger partial charge < -0.3 is 10.2 Å². The number of carbonyl (C=O) groups excluding carboxylic acids is 2. The molecule has 1 N–H and O–H groups in total. The summed E-state index contributed by atoms with van der Waals surface area (Å²) >= 11 is 7.71. The second-order valence-electron chi connectivity index (χ2n) is 7.25. The van der Waals surface area contributed by atoms with Crippen molar-refractivity contribution in [1.82, 2.24) is 10.2 Å². The molecule has 0 bridgehead atoms. The Balaban J connectivity index is 2.00. The zero-order valence-corrected chi connectivity index (χ0v) is 18.8. The summed E-state index contributed by atoms with van der Waals surface area (Å²) in [5.41, 5.74) is 2.15. The van der Waals surface area contributed by atoms with Gasteiger partial charge in [0.25, 0.3) is 0 Å². The third kappa shape index (κ3) is 7.75. The smallest absolute Gasteiger partial charge is 0.242 e. The van der Waals surface area contributed by atoms with E-state index in [1.165, 1.54) is 11.8 Å². The first-order chi connectivity index (χ1) is 13.9. The second kappa shape index (κ2) is 11.9. The molecule has 1 atom stereocenters. The van der Waals surface area contributed by atoms with E-state index in [2.05, 4.69) is 5.32 Å². The zero-order valence-electron chi connectivity index (χ0n) is 17.2. The number of nitrogens with one attached hydrogen (secondary N) is 1. The van der Waals surface area contributed by atoms with E-state index < -0.39 is 6.04 Å². The van der Waals surface area contributed by atoms with Crippen molar-refractivity contribution in [2.75, 3.05) is 12.3 Å². The van der Waals surface area contributed by atoms with Gasteiger partial charge in [-0.1, -0.05) is 60.1 Å². The molecule has 0 fully saturated rings. The molecular formula is C23H29ClN2O2S. The van der Waals surface area contributed by atoms with Crippen molar-refractivity contribution in [3.05, 3.63) is 70.7 Å². The van der Waals surface area contributed by atoms with Crippen molar-refractivity contribution in [3.63, 3.8) is 0 Å². The monoisotopic (exact) mass is 432 g/mol. The van der Waals surface area contributed by atoms with Gasteiger partial charge in [-0.05, 0) is 44.4 Å². The van der Waals surface area contributed by atoms with E-state index in [-0.39, 0.29) is 17.9 Å². The van der Waals surface area contributed by atoms with Gasteiger partial charge in [-0.15, -0.1) is 11.8 Å². The van der Waals surface area contributed by atoms with Crippen molar-refractivity contribution >= 4 is 35.2 Å². The fourth-order valence-corrected chi connectivity index (χ4v) is 4.12. The molecule has 0 aliphatic heterocycles. The highest BCUT2D eigenvalue weighted by atomic mass is 35.5. The number of carbonyl (C=O) groups is 2. The molecule has 0 aromatic heterocycles. The van der Waals surface area contributed by atoms with E-state index in [9.17, 15) is 9.59 Å². The molecule has 0 heterocycles. The number of hydrogen-bond donors (Lipinski definition) is 1. The Morgan fingerprint density at radius 2 is 1.69 bits per heavy atom. The topological polar surface area (TPSA) is 49.4 Å². The summed E-state index contributed by atoms with van der Waals surface area (Å²) in [6.07, 6.45) is 0.709. The number of hydrogen-bond acceptors (Lipinski definition) is 3. The lowest BCUT2D eigenvalue weighted by Gasteiger charge is -2.29. The highest BCUT2D eigenvalue weighted by Crippen LogP contribution is 2.21. The van der Waals surface area contributed by atoms with Crippen LogP contribution in [0.15, 0.2) is 54.6 Å². The number of halogens is 1. The van der Waals surface area contributed by atoms with Crippen LogP contribution in [0.3, 0.4) is 0 Å². The number of benzene rings is 2. The van der Waals surface area contributed by atoms with Crippen LogP contribution < -0.4 is 5.32 Å². The number of thioether (sulfide) groups is 1. The number of amides is 2. The van der Waals surface area contributed by atoms with Gasteiger partial charge in [0.05, 0.1) is 5.75 Å². The number of nitrogens with zero attached hydrogens (tertiary/aromatic N) is 1. The third-order valence-electron chi connectivity index (χ3n) is 4.52.